The molecule has 0 saturated heterocycles. The molecule has 0 radical (unpaired) electrons. The van der Waals surface area contributed by atoms with Crippen LogP contribution in [0.2, 0.25) is 0 Å². The molecule has 1 aromatic carbocycles. The second kappa shape index (κ2) is 10.8. The number of para-hydroxylation sites is 1. The Labute approximate surface area is 164 Å². The summed E-state index contributed by atoms with van der Waals surface area (Å²) in [6, 6.07) is 4.73. The summed E-state index contributed by atoms with van der Waals surface area (Å²) in [6.07, 6.45) is -3.35. The molecule has 11 heteroatoms. The molecular weight excluding hydrogens is 395 g/mol. The van der Waals surface area contributed by atoms with E-state index in [1.54, 1.807) is 6.92 Å². The highest BCUT2D eigenvalue weighted by Crippen LogP contribution is 2.18. The van der Waals surface area contributed by atoms with Crippen LogP contribution >= 0.6 is 0 Å². The number of amides is 3. The Balaban J connectivity index is 2.65. The summed E-state index contributed by atoms with van der Waals surface area (Å²) in [5.74, 6) is -3.89. The van der Waals surface area contributed by atoms with Crippen LogP contribution in [-0.4, -0.2) is 42.5 Å². The third-order valence-electron chi connectivity index (χ3n) is 3.48. The first-order valence-corrected chi connectivity index (χ1v) is 8.45. The molecule has 0 bridgehead atoms. The van der Waals surface area contributed by atoms with Gasteiger partial charge in [0.15, 0.2) is 6.61 Å². The highest BCUT2D eigenvalue weighted by atomic mass is 19.4. The number of esters is 1. The minimum Gasteiger partial charge on any atom is -0.452 e. The van der Waals surface area contributed by atoms with Gasteiger partial charge in [0.25, 0.3) is 11.7 Å². The van der Waals surface area contributed by atoms with Crippen molar-refractivity contribution in [3.63, 3.8) is 0 Å². The standard InChI is InChI=1S/C18H20F3N3O5/c1-3-11(2)23-17(28)24-15(26)10-29-16(27)12-6-4-5-7-13(12)22-9-8-14(25)18(19,20)21/h4-9,11,22H,3,10H2,1-2H3,(H2,23,24,26,28)/b9-8+/t11-/m0/s1. The second-order valence-corrected chi connectivity index (χ2v) is 5.79. The predicted molar refractivity (Wildman–Crippen MR) is 97.0 cm³/mol. The lowest BCUT2D eigenvalue weighted by atomic mass is 10.2. The van der Waals surface area contributed by atoms with Crippen LogP contribution < -0.4 is 16.0 Å². The van der Waals surface area contributed by atoms with Gasteiger partial charge in [0.2, 0.25) is 0 Å². The van der Waals surface area contributed by atoms with Crippen molar-refractivity contribution in [2.45, 2.75) is 32.5 Å². The van der Waals surface area contributed by atoms with Gasteiger partial charge in [0, 0.05) is 18.3 Å². The number of alkyl halides is 3. The fourth-order valence-electron chi connectivity index (χ4n) is 1.82. The van der Waals surface area contributed by atoms with Gasteiger partial charge in [-0.2, -0.15) is 13.2 Å². The minimum absolute atomic E-state index is 0.0543. The van der Waals surface area contributed by atoms with E-state index < -0.39 is 36.5 Å². The first-order valence-electron chi connectivity index (χ1n) is 8.45. The molecule has 158 valence electrons. The van der Waals surface area contributed by atoms with E-state index in [0.717, 1.165) is 6.20 Å². The van der Waals surface area contributed by atoms with E-state index in [4.69, 9.17) is 4.74 Å². The molecule has 0 heterocycles. The smallest absolute Gasteiger partial charge is 0.452 e. The maximum Gasteiger partial charge on any atom is 0.454 e. The summed E-state index contributed by atoms with van der Waals surface area (Å²) in [6.45, 7) is 2.84. The van der Waals surface area contributed by atoms with Crippen LogP contribution in [0, 0.1) is 0 Å². The van der Waals surface area contributed by atoms with Crippen molar-refractivity contribution in [2.24, 2.45) is 0 Å². The molecule has 1 atom stereocenters. The molecule has 8 nitrogen and oxygen atoms in total. The summed E-state index contributed by atoms with van der Waals surface area (Å²) in [4.78, 5) is 46.1. The van der Waals surface area contributed by atoms with Gasteiger partial charge in [-0.15, -0.1) is 0 Å². The van der Waals surface area contributed by atoms with E-state index in [1.807, 2.05) is 12.2 Å². The molecule has 0 saturated carbocycles. The van der Waals surface area contributed by atoms with Crippen molar-refractivity contribution >= 4 is 29.4 Å². The van der Waals surface area contributed by atoms with Crippen molar-refractivity contribution in [3.05, 3.63) is 42.1 Å². The number of hydrogen-bond donors (Lipinski definition) is 3. The fraction of sp³-hybridized carbons (Fsp3) is 0.333. The van der Waals surface area contributed by atoms with E-state index in [-0.39, 0.29) is 23.4 Å². The summed E-state index contributed by atoms with van der Waals surface area (Å²) >= 11 is 0. The predicted octanol–water partition coefficient (Wildman–Crippen LogP) is 2.52. The van der Waals surface area contributed by atoms with E-state index in [2.05, 4.69) is 10.6 Å². The number of benzene rings is 1. The minimum atomic E-state index is -5.01. The number of urea groups is 1. The summed E-state index contributed by atoms with van der Waals surface area (Å²) < 4.78 is 41.3. The Bertz CT molecular complexity index is 793. The molecule has 0 fully saturated rings. The summed E-state index contributed by atoms with van der Waals surface area (Å²) in [5.41, 5.74) is -0.0351. The maximum atomic E-state index is 12.2. The number of anilines is 1. The van der Waals surface area contributed by atoms with Crippen LogP contribution in [0.5, 0.6) is 0 Å². The van der Waals surface area contributed by atoms with Gasteiger partial charge >= 0.3 is 18.2 Å². The Morgan fingerprint density at radius 3 is 2.45 bits per heavy atom. The molecule has 0 aromatic heterocycles. The van der Waals surface area contributed by atoms with Gasteiger partial charge in [0.1, 0.15) is 0 Å². The zero-order chi connectivity index (χ0) is 22.0. The molecule has 0 aliphatic rings. The topological polar surface area (TPSA) is 114 Å². The Morgan fingerprint density at radius 1 is 1.17 bits per heavy atom. The molecule has 0 unspecified atom stereocenters. The average Bonchev–Trinajstić information content (AvgIpc) is 2.65. The number of ether oxygens (including phenoxy) is 1. The SMILES string of the molecule is CC[C@H](C)NC(=O)NC(=O)COC(=O)c1ccccc1N/C=C/C(=O)C(F)(F)F. The number of imide groups is 1. The molecule has 29 heavy (non-hydrogen) atoms. The Kier molecular flexibility index (Phi) is 8.84. The zero-order valence-electron chi connectivity index (χ0n) is 15.6. The van der Waals surface area contributed by atoms with Gasteiger partial charge < -0.3 is 15.4 Å². The Hall–Kier alpha value is -3.37. The second-order valence-electron chi connectivity index (χ2n) is 5.79. The molecule has 3 amide bonds. The lowest BCUT2D eigenvalue weighted by molar-refractivity contribution is -0.165. The van der Waals surface area contributed by atoms with Crippen molar-refractivity contribution < 1.29 is 37.1 Å². The number of ketones is 1. The first kappa shape index (κ1) is 23.7. The zero-order valence-corrected chi connectivity index (χ0v) is 15.6. The van der Waals surface area contributed by atoms with Gasteiger partial charge in [0.05, 0.1) is 11.3 Å². The van der Waals surface area contributed by atoms with E-state index >= 15 is 0 Å². The van der Waals surface area contributed by atoms with Gasteiger partial charge in [-0.3, -0.25) is 14.9 Å². The van der Waals surface area contributed by atoms with Crippen LogP contribution in [0.25, 0.3) is 0 Å². The normalized spacial score (nSPS) is 12.2. The van der Waals surface area contributed by atoms with Gasteiger partial charge in [-0.05, 0) is 25.5 Å². The highest BCUT2D eigenvalue weighted by Gasteiger charge is 2.36. The van der Waals surface area contributed by atoms with E-state index in [1.165, 1.54) is 24.3 Å². The van der Waals surface area contributed by atoms with Crippen molar-refractivity contribution in [1.82, 2.24) is 10.6 Å². The van der Waals surface area contributed by atoms with Gasteiger partial charge in [-0.1, -0.05) is 19.1 Å². The highest BCUT2D eigenvalue weighted by molar-refractivity contribution is 5.99. The number of nitrogens with one attached hydrogen (secondary N) is 3. The third-order valence-corrected chi connectivity index (χ3v) is 3.48. The molecule has 1 aromatic rings. The molecule has 0 aliphatic heterocycles. The third kappa shape index (κ3) is 8.45. The van der Waals surface area contributed by atoms with Crippen molar-refractivity contribution in [1.29, 1.82) is 0 Å². The molecule has 0 aliphatic carbocycles. The lowest BCUT2D eigenvalue weighted by Gasteiger charge is -2.12. The number of carbonyl (C=O) groups is 4. The van der Waals surface area contributed by atoms with Crippen LogP contribution in [0.15, 0.2) is 36.5 Å². The molecular formula is C18H20F3N3O5. The molecule has 3 N–H and O–H groups in total. The average molecular weight is 415 g/mol. The largest absolute Gasteiger partial charge is 0.454 e. The number of allylic oxidation sites excluding steroid dienone is 1. The monoisotopic (exact) mass is 415 g/mol. The van der Waals surface area contributed by atoms with E-state index in [0.29, 0.717) is 6.42 Å². The first-order chi connectivity index (χ1) is 13.5. The number of hydrogen-bond acceptors (Lipinski definition) is 6. The maximum absolute atomic E-state index is 12.2. The summed E-state index contributed by atoms with van der Waals surface area (Å²) in [5, 5.41) is 6.86. The van der Waals surface area contributed by atoms with Gasteiger partial charge in [-0.25, -0.2) is 9.59 Å². The van der Waals surface area contributed by atoms with Crippen LogP contribution in [0.3, 0.4) is 0 Å². The van der Waals surface area contributed by atoms with Crippen LogP contribution in [0.1, 0.15) is 30.6 Å². The number of halogens is 3. The molecule has 0 spiro atoms. The van der Waals surface area contributed by atoms with Crippen LogP contribution in [-0.2, 0) is 14.3 Å². The molecule has 1 rings (SSSR count). The van der Waals surface area contributed by atoms with Crippen molar-refractivity contribution in [3.8, 4) is 0 Å². The van der Waals surface area contributed by atoms with Crippen molar-refractivity contribution in [2.75, 3.05) is 11.9 Å². The summed E-state index contributed by atoms with van der Waals surface area (Å²) in [7, 11) is 0. The number of rotatable bonds is 8. The van der Waals surface area contributed by atoms with E-state index in [9.17, 15) is 32.3 Å². The fourth-order valence-corrected chi connectivity index (χ4v) is 1.82. The van der Waals surface area contributed by atoms with Crippen LogP contribution in [0.4, 0.5) is 23.7 Å². The Morgan fingerprint density at radius 2 is 1.83 bits per heavy atom. The lowest BCUT2D eigenvalue weighted by Crippen LogP contribution is -2.44. The quantitative estimate of drug-likeness (QED) is 0.444. The number of carbonyl (C=O) groups excluding carboxylic acids is 4.